The van der Waals surface area contributed by atoms with E-state index in [1.165, 1.54) is 32.0 Å². The third-order valence-electron chi connectivity index (χ3n) is 11.9. The molecule has 3 unspecified atom stereocenters. The fourth-order valence-corrected chi connectivity index (χ4v) is 7.59. The second kappa shape index (κ2) is 26.2. The van der Waals surface area contributed by atoms with Gasteiger partial charge in [0.15, 0.2) is 0 Å². The molecule has 338 valence electrons. The predicted molar refractivity (Wildman–Crippen MR) is 250 cm³/mol. The molecule has 0 bridgehead atoms. The number of methoxy groups -OCH3 is 2. The minimum absolute atomic E-state index is 0.0171. The van der Waals surface area contributed by atoms with Crippen LogP contribution in [0.4, 0.5) is 10.1 Å². The summed E-state index contributed by atoms with van der Waals surface area (Å²) in [5.41, 5.74) is 10.5. The minimum atomic E-state index is -0.626. The zero-order valence-electron chi connectivity index (χ0n) is 38.9. The maximum Gasteiger partial charge on any atom is 0.260 e. The van der Waals surface area contributed by atoms with E-state index in [1.54, 1.807) is 45.4 Å². The van der Waals surface area contributed by atoms with Crippen LogP contribution in [0, 0.1) is 24.6 Å². The molecule has 0 saturated heterocycles. The van der Waals surface area contributed by atoms with E-state index < -0.39 is 17.6 Å². The van der Waals surface area contributed by atoms with Crippen molar-refractivity contribution in [2.24, 2.45) is 17.6 Å². The van der Waals surface area contributed by atoms with Gasteiger partial charge in [-0.25, -0.2) is 9.37 Å². The Labute approximate surface area is 370 Å². The van der Waals surface area contributed by atoms with Crippen molar-refractivity contribution in [1.29, 1.82) is 0 Å². The maximum absolute atomic E-state index is 15.3. The molecule has 4 rings (SSSR count). The van der Waals surface area contributed by atoms with Crippen LogP contribution in [0.2, 0.25) is 5.02 Å². The van der Waals surface area contributed by atoms with Gasteiger partial charge in [0.2, 0.25) is 11.8 Å². The van der Waals surface area contributed by atoms with E-state index in [-0.39, 0.29) is 40.1 Å². The molecule has 0 radical (unpaired) electrons. The Morgan fingerprint density at radius 3 is 2.26 bits per heavy atom. The van der Waals surface area contributed by atoms with E-state index in [9.17, 15) is 14.4 Å². The molecule has 10 nitrogen and oxygen atoms in total. The Bertz CT molecular complexity index is 1930. The number of anilines is 1. The van der Waals surface area contributed by atoms with Gasteiger partial charge in [-0.05, 0) is 111 Å². The van der Waals surface area contributed by atoms with Gasteiger partial charge in [0, 0.05) is 61.1 Å². The van der Waals surface area contributed by atoms with E-state index >= 15 is 4.39 Å². The summed E-state index contributed by atoms with van der Waals surface area (Å²) in [5, 5.41) is 8.68. The number of ether oxygens (including phenoxy) is 2. The molecule has 3 aromatic rings. The molecule has 0 spiro atoms. The molecule has 0 saturated carbocycles. The van der Waals surface area contributed by atoms with Gasteiger partial charge in [0.1, 0.15) is 11.4 Å². The number of aryl methyl sites for hydroxylation is 1. The molecule has 1 aliphatic rings. The number of benzene rings is 2. The number of carbonyl (C=O) groups is 3. The summed E-state index contributed by atoms with van der Waals surface area (Å²) < 4.78 is 25.6. The second-order valence-electron chi connectivity index (χ2n) is 16.0. The van der Waals surface area contributed by atoms with E-state index in [0.717, 1.165) is 68.6 Å². The number of nitrogens with two attached hydrogens (primary N) is 1. The quantitative estimate of drug-likeness (QED) is 0.0566. The number of hydrogen-bond donors (Lipinski definition) is 4. The smallest absolute Gasteiger partial charge is 0.260 e. The van der Waals surface area contributed by atoms with Gasteiger partial charge in [0.05, 0.1) is 17.8 Å². The van der Waals surface area contributed by atoms with Crippen LogP contribution in [0.1, 0.15) is 129 Å². The number of pyridine rings is 1. The molecule has 0 aliphatic heterocycles. The summed E-state index contributed by atoms with van der Waals surface area (Å²) in [6, 6.07) is 10.1. The van der Waals surface area contributed by atoms with Crippen LogP contribution in [-0.4, -0.2) is 62.7 Å². The summed E-state index contributed by atoms with van der Waals surface area (Å²) in [6.45, 7) is 19.9. The van der Waals surface area contributed by atoms with Gasteiger partial charge in [-0.2, -0.15) is 0 Å². The molecule has 3 atom stereocenters. The number of amides is 3. The fourth-order valence-electron chi connectivity index (χ4n) is 7.24. The number of hydrogen-bond acceptors (Lipinski definition) is 7. The lowest BCUT2D eigenvalue weighted by atomic mass is 9.84. The molecule has 5 N–H and O–H groups in total. The molecule has 3 amide bonds. The van der Waals surface area contributed by atoms with Crippen molar-refractivity contribution in [2.45, 2.75) is 132 Å². The first-order chi connectivity index (χ1) is 29.1. The molecule has 12 heteroatoms. The van der Waals surface area contributed by atoms with Crippen molar-refractivity contribution in [3.8, 4) is 28.3 Å². The summed E-state index contributed by atoms with van der Waals surface area (Å²) >= 11 is 6.86. The van der Waals surface area contributed by atoms with Crippen LogP contribution in [-0.2, 0) is 25.5 Å². The number of aromatic nitrogens is 1. The largest absolute Gasteiger partial charge is 0.481 e. The number of carbonyl (C=O) groups excluding carboxylic acids is 3. The maximum atomic E-state index is 15.3. The number of likely N-dealkylation sites (N-methyl/N-ethyl adjacent to an activating group) is 1. The Kier molecular flexibility index (Phi) is 22.7. The van der Waals surface area contributed by atoms with Gasteiger partial charge in [-0.15, -0.1) is 0 Å². The first kappa shape index (κ1) is 52.8. The lowest BCUT2D eigenvalue weighted by molar-refractivity contribution is -0.127. The van der Waals surface area contributed by atoms with Gasteiger partial charge in [0.25, 0.3) is 11.8 Å². The first-order valence-corrected chi connectivity index (χ1v) is 22.4. The third kappa shape index (κ3) is 14.4. The van der Waals surface area contributed by atoms with Crippen LogP contribution < -0.4 is 26.4 Å². The Morgan fingerprint density at radius 1 is 1.03 bits per heavy atom. The zero-order chi connectivity index (χ0) is 45.9. The topological polar surface area (TPSA) is 145 Å². The molecule has 1 aliphatic carbocycles. The molecular weight excluding hydrogens is 793 g/mol. The Morgan fingerprint density at radius 2 is 1.72 bits per heavy atom. The lowest BCUT2D eigenvalue weighted by Gasteiger charge is -2.35. The van der Waals surface area contributed by atoms with Crippen LogP contribution in [0.25, 0.3) is 22.4 Å². The fraction of sp³-hybridized carbons (Fsp3) is 0.551. The SMILES string of the molecule is CCC(C)CCC(CC)(CC)NC(=O)C(C)CC.CCCOC.CNC(=O)/C(=C\CN)C(=O)Nc1cccc(-c2c(F)ccc(-c3cc4c(c(OC)n3)C(C)CC4)c2Cl)c1C. The van der Waals surface area contributed by atoms with Crippen molar-refractivity contribution in [1.82, 2.24) is 15.6 Å². The van der Waals surface area contributed by atoms with Crippen LogP contribution >= 0.6 is 11.6 Å². The third-order valence-corrected chi connectivity index (χ3v) is 12.3. The molecule has 0 fully saturated rings. The number of rotatable bonds is 18. The molecule has 2 aromatic carbocycles. The minimum Gasteiger partial charge on any atom is -0.481 e. The normalized spacial score (nSPS) is 14.3. The number of nitrogens with one attached hydrogen (secondary N) is 3. The number of nitrogens with zero attached hydrogens (tertiary/aromatic N) is 1. The standard InChI is InChI=1S/C29H30ClFN4O3.C16H33NO.C4H10O/c1-15-8-9-17-14-23(35-29(38-4)24(15)17)19-10-11-21(31)25(26(19)30)18-6-5-7-22(16(18)2)34-28(37)20(12-13-32)27(36)33-3;1-7-13(5)11-12-16(9-3,10-4)17-15(18)14(6)8-2;1-3-4-5-2/h5-7,10-12,14-15H,8-9,13,32H2,1-4H3,(H,33,36)(H,34,37);13-14H,7-12H2,1-6H3,(H,17,18);3-4H2,1-2H3/b20-12+;;. The summed E-state index contributed by atoms with van der Waals surface area (Å²) in [7, 11) is 4.73. The lowest BCUT2D eigenvalue weighted by Crippen LogP contribution is -2.49. The Balaban J connectivity index is 0.000000465. The molecule has 1 heterocycles. The van der Waals surface area contributed by atoms with Crippen molar-refractivity contribution < 1.29 is 28.2 Å². The highest BCUT2D eigenvalue weighted by Crippen LogP contribution is 2.44. The monoisotopic (exact) mass is 866 g/mol. The van der Waals surface area contributed by atoms with Crippen molar-refractivity contribution in [3.05, 3.63) is 75.6 Å². The van der Waals surface area contributed by atoms with Crippen LogP contribution in [0.3, 0.4) is 0 Å². The zero-order valence-corrected chi connectivity index (χ0v) is 39.6. The highest BCUT2D eigenvalue weighted by Gasteiger charge is 2.30. The molecule has 1 aromatic heterocycles. The molecular formula is C49H73ClFN5O5. The first-order valence-electron chi connectivity index (χ1n) is 22.0. The highest BCUT2D eigenvalue weighted by atomic mass is 35.5. The summed E-state index contributed by atoms with van der Waals surface area (Å²) in [4.78, 5) is 41.8. The summed E-state index contributed by atoms with van der Waals surface area (Å²) in [6.07, 6.45) is 10.9. The van der Waals surface area contributed by atoms with E-state index in [4.69, 9.17) is 31.8 Å². The van der Waals surface area contributed by atoms with E-state index in [2.05, 4.69) is 64.4 Å². The van der Waals surface area contributed by atoms with Gasteiger partial charge in [-0.1, -0.05) is 91.6 Å². The van der Waals surface area contributed by atoms with Crippen LogP contribution in [0.15, 0.2) is 48.0 Å². The Hall–Kier alpha value is -4.32. The number of fused-ring (bicyclic) bond motifs is 1. The highest BCUT2D eigenvalue weighted by molar-refractivity contribution is 6.36. The van der Waals surface area contributed by atoms with Gasteiger partial charge >= 0.3 is 0 Å². The average Bonchev–Trinajstić information content (AvgIpc) is 3.64. The van der Waals surface area contributed by atoms with Crippen molar-refractivity contribution in [3.63, 3.8) is 0 Å². The van der Waals surface area contributed by atoms with Gasteiger partial charge in [-0.3, -0.25) is 14.4 Å². The van der Waals surface area contributed by atoms with Crippen molar-refractivity contribution >= 4 is 35.0 Å². The average molecular weight is 867 g/mol. The molecule has 61 heavy (non-hydrogen) atoms. The summed E-state index contributed by atoms with van der Waals surface area (Å²) in [5.74, 6) is 0.322. The van der Waals surface area contributed by atoms with Gasteiger partial charge < -0.3 is 31.2 Å². The van der Waals surface area contributed by atoms with Crippen LogP contribution in [0.5, 0.6) is 5.88 Å². The number of halogens is 2. The van der Waals surface area contributed by atoms with E-state index in [1.807, 2.05) is 13.0 Å². The van der Waals surface area contributed by atoms with E-state index in [0.29, 0.717) is 39.9 Å². The predicted octanol–water partition coefficient (Wildman–Crippen LogP) is 10.7. The van der Waals surface area contributed by atoms with Crippen molar-refractivity contribution in [2.75, 3.05) is 39.7 Å². The second-order valence-corrected chi connectivity index (χ2v) is 16.4.